The molecule has 0 unspecified atom stereocenters. The lowest BCUT2D eigenvalue weighted by Crippen LogP contribution is -2.27. The molecule has 2 heterocycles. The van der Waals surface area contributed by atoms with Crippen molar-refractivity contribution in [2.75, 3.05) is 5.32 Å². The predicted molar refractivity (Wildman–Crippen MR) is 110 cm³/mol. The van der Waals surface area contributed by atoms with Gasteiger partial charge >= 0.3 is 0 Å². The molecule has 0 fully saturated rings. The van der Waals surface area contributed by atoms with Gasteiger partial charge in [0.15, 0.2) is 5.65 Å². The normalized spacial score (nSPS) is 10.9. The van der Waals surface area contributed by atoms with Gasteiger partial charge in [0, 0.05) is 11.9 Å². The zero-order chi connectivity index (χ0) is 19.7. The molecule has 2 aromatic carbocycles. The molecule has 0 saturated carbocycles. The number of benzene rings is 2. The molecule has 4 aromatic rings. The summed E-state index contributed by atoms with van der Waals surface area (Å²) >= 11 is 0. The summed E-state index contributed by atoms with van der Waals surface area (Å²) in [4.78, 5) is 30.0. The van der Waals surface area contributed by atoms with Crippen molar-refractivity contribution in [3.8, 4) is 5.69 Å². The summed E-state index contributed by atoms with van der Waals surface area (Å²) in [5.74, 6) is -0.228. The topological polar surface area (TPSA) is 68.9 Å². The van der Waals surface area contributed by atoms with Crippen LogP contribution in [0.3, 0.4) is 0 Å². The third-order valence-electron chi connectivity index (χ3n) is 4.57. The van der Waals surface area contributed by atoms with E-state index in [1.807, 2.05) is 62.4 Å². The molecule has 0 spiro atoms. The van der Waals surface area contributed by atoms with Gasteiger partial charge < -0.3 is 5.32 Å². The third-order valence-corrected chi connectivity index (χ3v) is 4.57. The molecular weight excluding hydrogens is 352 g/mol. The Kier molecular flexibility index (Phi) is 4.53. The van der Waals surface area contributed by atoms with E-state index in [0.29, 0.717) is 16.7 Å². The number of amides is 1. The van der Waals surface area contributed by atoms with E-state index < -0.39 is 0 Å². The van der Waals surface area contributed by atoms with Crippen LogP contribution in [0.5, 0.6) is 0 Å². The number of anilines is 1. The maximum Gasteiger partial charge on any atom is 0.280 e. The van der Waals surface area contributed by atoms with Crippen LogP contribution < -0.4 is 10.9 Å². The number of nitrogens with zero attached hydrogens (tertiary/aromatic N) is 3. The van der Waals surface area contributed by atoms with Crippen LogP contribution in [-0.2, 0) is 11.3 Å². The van der Waals surface area contributed by atoms with Crippen LogP contribution in [0.4, 0.5) is 5.69 Å². The van der Waals surface area contributed by atoms with Gasteiger partial charge in [0.05, 0.1) is 11.1 Å². The molecule has 0 aliphatic rings. The highest BCUT2D eigenvalue weighted by atomic mass is 16.2. The Morgan fingerprint density at radius 2 is 1.79 bits per heavy atom. The Bertz CT molecular complexity index is 1220. The molecule has 0 saturated heterocycles. The zero-order valence-electron chi connectivity index (χ0n) is 15.7. The van der Waals surface area contributed by atoms with Crippen LogP contribution in [0, 0.1) is 13.8 Å². The standard InChI is InChI=1S/C22H20N4O2/c1-15-8-10-18(11-9-15)26-22(28)19-7-4-12-23-21(19)25(26)14-20(27)24-17-6-3-5-16(2)13-17/h3-13H,14H2,1-2H3,(H,24,27). The molecule has 4 rings (SSSR count). The number of nitrogens with one attached hydrogen (secondary N) is 1. The lowest BCUT2D eigenvalue weighted by atomic mass is 10.2. The fraction of sp³-hybridized carbons (Fsp3) is 0.136. The second-order valence-electron chi connectivity index (χ2n) is 6.80. The van der Waals surface area contributed by atoms with Crippen molar-refractivity contribution in [2.24, 2.45) is 0 Å². The van der Waals surface area contributed by atoms with Gasteiger partial charge in [-0.15, -0.1) is 0 Å². The molecule has 0 bridgehead atoms. The first kappa shape index (κ1) is 17.7. The molecule has 1 N–H and O–H groups in total. The summed E-state index contributed by atoms with van der Waals surface area (Å²) in [6.45, 7) is 3.92. The average Bonchev–Trinajstić information content (AvgIpc) is 2.95. The summed E-state index contributed by atoms with van der Waals surface area (Å²) in [5, 5.41) is 3.37. The highest BCUT2D eigenvalue weighted by Crippen LogP contribution is 2.15. The lowest BCUT2D eigenvalue weighted by molar-refractivity contribution is -0.116. The van der Waals surface area contributed by atoms with E-state index in [9.17, 15) is 9.59 Å². The zero-order valence-corrected chi connectivity index (χ0v) is 15.7. The number of rotatable bonds is 4. The fourth-order valence-electron chi connectivity index (χ4n) is 3.24. The Labute approximate surface area is 162 Å². The summed E-state index contributed by atoms with van der Waals surface area (Å²) in [5.41, 5.74) is 3.84. The van der Waals surface area contributed by atoms with Crippen molar-refractivity contribution >= 4 is 22.6 Å². The van der Waals surface area contributed by atoms with Crippen LogP contribution in [0.2, 0.25) is 0 Å². The molecule has 1 amide bonds. The van der Waals surface area contributed by atoms with E-state index in [4.69, 9.17) is 0 Å². The predicted octanol–water partition coefficient (Wildman–Crippen LogP) is 3.44. The van der Waals surface area contributed by atoms with E-state index in [-0.39, 0.29) is 18.0 Å². The quantitative estimate of drug-likeness (QED) is 0.597. The van der Waals surface area contributed by atoms with Crippen molar-refractivity contribution in [3.05, 3.63) is 88.3 Å². The number of hydrogen-bond acceptors (Lipinski definition) is 3. The average molecular weight is 372 g/mol. The van der Waals surface area contributed by atoms with Gasteiger partial charge in [0.2, 0.25) is 5.91 Å². The van der Waals surface area contributed by atoms with Gasteiger partial charge in [-0.2, -0.15) is 0 Å². The molecular formula is C22H20N4O2. The third kappa shape index (κ3) is 3.32. The van der Waals surface area contributed by atoms with E-state index in [0.717, 1.165) is 16.8 Å². The van der Waals surface area contributed by atoms with Gasteiger partial charge in [-0.3, -0.25) is 14.3 Å². The second-order valence-corrected chi connectivity index (χ2v) is 6.80. The van der Waals surface area contributed by atoms with E-state index in [2.05, 4.69) is 10.3 Å². The molecule has 6 nitrogen and oxygen atoms in total. The molecule has 0 aliphatic heterocycles. The van der Waals surface area contributed by atoms with Gasteiger partial charge in [-0.1, -0.05) is 29.8 Å². The number of pyridine rings is 1. The first-order valence-electron chi connectivity index (χ1n) is 9.03. The summed E-state index contributed by atoms with van der Waals surface area (Å²) in [6, 6.07) is 18.6. The minimum absolute atomic E-state index is 0.0302. The molecule has 2 aromatic heterocycles. The monoisotopic (exact) mass is 372 g/mol. The molecule has 0 atom stereocenters. The maximum absolute atomic E-state index is 13.0. The first-order chi connectivity index (χ1) is 13.5. The summed E-state index contributed by atoms with van der Waals surface area (Å²) in [7, 11) is 0. The van der Waals surface area contributed by atoms with Gasteiger partial charge in [-0.05, 0) is 55.8 Å². The van der Waals surface area contributed by atoms with Crippen LogP contribution in [0.1, 0.15) is 11.1 Å². The van der Waals surface area contributed by atoms with Crippen molar-refractivity contribution in [2.45, 2.75) is 20.4 Å². The highest BCUT2D eigenvalue weighted by molar-refractivity contribution is 5.91. The van der Waals surface area contributed by atoms with E-state index in [1.54, 1.807) is 23.0 Å². The number of aromatic nitrogens is 3. The second kappa shape index (κ2) is 7.15. The molecule has 0 radical (unpaired) electrons. The van der Waals surface area contributed by atoms with Crippen molar-refractivity contribution in [1.29, 1.82) is 0 Å². The number of hydrogen-bond donors (Lipinski definition) is 1. The molecule has 0 aliphatic carbocycles. The molecule has 28 heavy (non-hydrogen) atoms. The highest BCUT2D eigenvalue weighted by Gasteiger charge is 2.17. The number of carbonyl (C=O) groups excluding carboxylic acids is 1. The minimum Gasteiger partial charge on any atom is -0.324 e. The number of aryl methyl sites for hydroxylation is 2. The van der Waals surface area contributed by atoms with Crippen molar-refractivity contribution < 1.29 is 4.79 Å². The Hall–Kier alpha value is -3.67. The SMILES string of the molecule is Cc1ccc(-n2c(=O)c3cccnc3n2CC(=O)Nc2cccc(C)c2)cc1. The van der Waals surface area contributed by atoms with E-state index in [1.165, 1.54) is 4.68 Å². The van der Waals surface area contributed by atoms with Crippen molar-refractivity contribution in [1.82, 2.24) is 14.3 Å². The van der Waals surface area contributed by atoms with Gasteiger partial charge in [-0.25, -0.2) is 9.67 Å². The summed E-state index contributed by atoms with van der Waals surface area (Å²) < 4.78 is 3.13. The number of fused-ring (bicyclic) bond motifs is 1. The first-order valence-corrected chi connectivity index (χ1v) is 9.03. The van der Waals surface area contributed by atoms with Gasteiger partial charge in [0.25, 0.3) is 5.56 Å². The Morgan fingerprint density at radius 3 is 2.54 bits per heavy atom. The Balaban J connectivity index is 1.77. The molecule has 6 heteroatoms. The van der Waals surface area contributed by atoms with Crippen LogP contribution in [0.25, 0.3) is 16.7 Å². The summed E-state index contributed by atoms with van der Waals surface area (Å²) in [6.07, 6.45) is 1.62. The minimum atomic E-state index is -0.228. The van der Waals surface area contributed by atoms with E-state index >= 15 is 0 Å². The van der Waals surface area contributed by atoms with Crippen molar-refractivity contribution in [3.63, 3.8) is 0 Å². The lowest BCUT2D eigenvalue weighted by Gasteiger charge is -2.13. The van der Waals surface area contributed by atoms with Gasteiger partial charge in [0.1, 0.15) is 6.54 Å². The Morgan fingerprint density at radius 1 is 1.00 bits per heavy atom. The molecule has 140 valence electrons. The largest absolute Gasteiger partial charge is 0.324 e. The fourth-order valence-corrected chi connectivity index (χ4v) is 3.24. The van der Waals surface area contributed by atoms with Crippen LogP contribution in [0.15, 0.2) is 71.7 Å². The maximum atomic E-state index is 13.0. The van der Waals surface area contributed by atoms with Crippen LogP contribution >= 0.6 is 0 Å². The number of carbonyl (C=O) groups is 1. The van der Waals surface area contributed by atoms with Crippen LogP contribution in [-0.4, -0.2) is 20.3 Å². The smallest absolute Gasteiger partial charge is 0.280 e.